The topological polar surface area (TPSA) is 42.2 Å². The van der Waals surface area contributed by atoms with Gasteiger partial charge in [-0.15, -0.1) is 11.8 Å². The van der Waals surface area contributed by atoms with Gasteiger partial charge < -0.3 is 5.32 Å². The Kier molecular flexibility index (Phi) is 3.28. The number of aromatic nitrogens is 3. The van der Waals surface area contributed by atoms with Gasteiger partial charge in [0.05, 0.1) is 11.6 Å². The molecular formula is C20H16N4S. The molecule has 1 unspecified atom stereocenters. The Hall–Kier alpha value is -2.79. The Morgan fingerprint density at radius 3 is 2.72 bits per heavy atom. The van der Waals surface area contributed by atoms with Gasteiger partial charge in [0, 0.05) is 27.9 Å². The second-order valence-corrected chi connectivity index (χ2v) is 6.95. The molecule has 25 heavy (non-hydrogen) atoms. The van der Waals surface area contributed by atoms with E-state index < -0.39 is 0 Å². The maximum absolute atomic E-state index is 4.59. The van der Waals surface area contributed by atoms with Crippen molar-refractivity contribution in [1.82, 2.24) is 14.6 Å². The highest BCUT2D eigenvalue weighted by atomic mass is 32.2. The van der Waals surface area contributed by atoms with Gasteiger partial charge in [0.25, 0.3) is 0 Å². The quantitative estimate of drug-likeness (QED) is 0.538. The van der Waals surface area contributed by atoms with Gasteiger partial charge in [-0.25, -0.2) is 9.50 Å². The van der Waals surface area contributed by atoms with Gasteiger partial charge >= 0.3 is 0 Å². The van der Waals surface area contributed by atoms with E-state index in [9.17, 15) is 0 Å². The zero-order chi connectivity index (χ0) is 16.8. The number of hydrogen-bond acceptors (Lipinski definition) is 4. The van der Waals surface area contributed by atoms with Crippen molar-refractivity contribution >= 4 is 23.0 Å². The average molecular weight is 344 g/mol. The van der Waals surface area contributed by atoms with Gasteiger partial charge in [-0.1, -0.05) is 30.3 Å². The molecule has 5 rings (SSSR count). The normalized spacial score (nSPS) is 15.5. The molecule has 2 aromatic carbocycles. The molecule has 0 aliphatic carbocycles. The Bertz CT molecular complexity index is 1070. The maximum Gasteiger partial charge on any atom is 0.137 e. The first-order valence-corrected chi connectivity index (χ1v) is 9.40. The molecule has 0 fully saturated rings. The van der Waals surface area contributed by atoms with E-state index in [1.807, 2.05) is 10.7 Å². The summed E-state index contributed by atoms with van der Waals surface area (Å²) < 4.78 is 1.92. The number of anilines is 1. The van der Waals surface area contributed by atoms with E-state index in [0.29, 0.717) is 0 Å². The van der Waals surface area contributed by atoms with Crippen molar-refractivity contribution in [2.45, 2.75) is 10.9 Å². The van der Waals surface area contributed by atoms with Gasteiger partial charge in [0.2, 0.25) is 0 Å². The molecule has 122 valence electrons. The Morgan fingerprint density at radius 1 is 1.04 bits per heavy atom. The summed E-state index contributed by atoms with van der Waals surface area (Å²) in [6.07, 6.45) is 5.73. The van der Waals surface area contributed by atoms with Crippen LogP contribution in [0.3, 0.4) is 0 Å². The number of rotatable bonds is 2. The molecule has 0 radical (unpaired) electrons. The van der Waals surface area contributed by atoms with Crippen molar-refractivity contribution in [3.05, 3.63) is 78.2 Å². The van der Waals surface area contributed by atoms with Crippen LogP contribution in [0.2, 0.25) is 0 Å². The molecule has 2 aromatic heterocycles. The lowest BCUT2D eigenvalue weighted by Gasteiger charge is -2.19. The van der Waals surface area contributed by atoms with Crippen molar-refractivity contribution in [3.63, 3.8) is 0 Å². The first-order chi connectivity index (χ1) is 12.3. The minimum absolute atomic E-state index is 0.0642. The SMILES string of the molecule is CSc1ccc(C2Nc3ccccc3-c3ncnn4ccc2c34)cc1. The van der Waals surface area contributed by atoms with E-state index in [1.165, 1.54) is 16.0 Å². The predicted molar refractivity (Wildman–Crippen MR) is 102 cm³/mol. The first kappa shape index (κ1) is 14.5. The average Bonchev–Trinajstić information content (AvgIpc) is 3.04. The maximum atomic E-state index is 4.59. The van der Waals surface area contributed by atoms with E-state index in [-0.39, 0.29) is 6.04 Å². The monoisotopic (exact) mass is 344 g/mol. The van der Waals surface area contributed by atoms with Crippen LogP contribution in [-0.4, -0.2) is 20.9 Å². The van der Waals surface area contributed by atoms with Crippen molar-refractivity contribution in [1.29, 1.82) is 0 Å². The molecule has 1 N–H and O–H groups in total. The molecule has 0 saturated carbocycles. The van der Waals surface area contributed by atoms with Crippen LogP contribution in [0.1, 0.15) is 17.2 Å². The highest BCUT2D eigenvalue weighted by molar-refractivity contribution is 7.98. The van der Waals surface area contributed by atoms with Crippen LogP contribution in [0.25, 0.3) is 16.8 Å². The largest absolute Gasteiger partial charge is 0.374 e. The Labute approximate surface area is 149 Å². The zero-order valence-corrected chi connectivity index (χ0v) is 14.5. The fraction of sp³-hybridized carbons (Fsp3) is 0.100. The number of benzene rings is 2. The molecule has 1 aliphatic heterocycles. The van der Waals surface area contributed by atoms with Gasteiger partial charge in [0.15, 0.2) is 0 Å². The van der Waals surface area contributed by atoms with Gasteiger partial charge in [-0.3, -0.25) is 0 Å². The molecule has 1 aliphatic rings. The number of fused-ring (bicyclic) bond motifs is 2. The van der Waals surface area contributed by atoms with Crippen LogP contribution < -0.4 is 5.32 Å². The van der Waals surface area contributed by atoms with Crippen LogP contribution in [0.4, 0.5) is 5.69 Å². The Morgan fingerprint density at radius 2 is 1.88 bits per heavy atom. The van der Waals surface area contributed by atoms with Crippen LogP contribution in [0.15, 0.2) is 72.0 Å². The fourth-order valence-electron chi connectivity index (χ4n) is 3.52. The van der Waals surface area contributed by atoms with Crippen molar-refractivity contribution in [3.8, 4) is 11.3 Å². The lowest BCUT2D eigenvalue weighted by Crippen LogP contribution is -2.11. The summed E-state index contributed by atoms with van der Waals surface area (Å²) in [5, 5.41) is 8.11. The van der Waals surface area contributed by atoms with E-state index in [1.54, 1.807) is 18.1 Å². The summed E-state index contributed by atoms with van der Waals surface area (Å²) in [5.74, 6) is 0. The highest BCUT2D eigenvalue weighted by Crippen LogP contribution is 2.41. The number of para-hydroxylation sites is 1. The fourth-order valence-corrected chi connectivity index (χ4v) is 3.92. The molecule has 5 heteroatoms. The van der Waals surface area contributed by atoms with Crippen LogP contribution in [0.5, 0.6) is 0 Å². The van der Waals surface area contributed by atoms with Crippen LogP contribution in [-0.2, 0) is 0 Å². The number of nitrogens with zero attached hydrogens (tertiary/aromatic N) is 3. The lowest BCUT2D eigenvalue weighted by molar-refractivity contribution is 0.899. The van der Waals surface area contributed by atoms with Crippen LogP contribution in [0, 0.1) is 0 Å². The Balaban J connectivity index is 1.78. The molecule has 0 amide bonds. The number of hydrogen-bond donors (Lipinski definition) is 1. The summed E-state index contributed by atoms with van der Waals surface area (Å²) in [5.41, 5.74) is 6.68. The van der Waals surface area contributed by atoms with Crippen LogP contribution >= 0.6 is 11.8 Å². The molecular weight excluding hydrogens is 328 g/mol. The molecule has 0 bridgehead atoms. The van der Waals surface area contributed by atoms with Crippen molar-refractivity contribution < 1.29 is 0 Å². The number of thioether (sulfide) groups is 1. The van der Waals surface area contributed by atoms with Gasteiger partial charge in [0.1, 0.15) is 12.0 Å². The summed E-state index contributed by atoms with van der Waals surface area (Å²) in [6.45, 7) is 0. The smallest absolute Gasteiger partial charge is 0.137 e. The molecule has 0 saturated heterocycles. The third-order valence-electron chi connectivity index (χ3n) is 4.73. The van der Waals surface area contributed by atoms with E-state index >= 15 is 0 Å². The molecule has 1 atom stereocenters. The first-order valence-electron chi connectivity index (χ1n) is 8.17. The van der Waals surface area contributed by atoms with Crippen molar-refractivity contribution in [2.75, 3.05) is 11.6 Å². The standard InChI is InChI=1S/C20H16N4S/c1-25-14-8-6-13(7-9-14)18-16-10-11-24-20(16)19(21-12-22-24)15-4-2-3-5-17(15)23-18/h2-12,18,23H,1H3. The van der Waals surface area contributed by atoms with E-state index in [0.717, 1.165) is 22.5 Å². The molecule has 4 aromatic rings. The summed E-state index contributed by atoms with van der Waals surface area (Å²) >= 11 is 1.76. The summed E-state index contributed by atoms with van der Waals surface area (Å²) in [6, 6.07) is 19.3. The second-order valence-electron chi connectivity index (χ2n) is 6.07. The molecule has 0 spiro atoms. The van der Waals surface area contributed by atoms with E-state index in [2.05, 4.69) is 76.3 Å². The minimum Gasteiger partial charge on any atom is -0.374 e. The highest BCUT2D eigenvalue weighted by Gasteiger charge is 2.26. The summed E-state index contributed by atoms with van der Waals surface area (Å²) in [7, 11) is 0. The van der Waals surface area contributed by atoms with Gasteiger partial charge in [-0.2, -0.15) is 5.10 Å². The molecule has 3 heterocycles. The number of nitrogens with one attached hydrogen (secondary N) is 1. The van der Waals surface area contributed by atoms with Gasteiger partial charge in [-0.05, 0) is 36.1 Å². The van der Waals surface area contributed by atoms with Crippen molar-refractivity contribution in [2.24, 2.45) is 0 Å². The van der Waals surface area contributed by atoms with E-state index in [4.69, 9.17) is 0 Å². The molecule has 4 nitrogen and oxygen atoms in total. The second kappa shape index (κ2) is 5.63. The zero-order valence-electron chi connectivity index (χ0n) is 13.7. The third-order valence-corrected chi connectivity index (χ3v) is 5.47. The predicted octanol–water partition coefficient (Wildman–Crippen LogP) is 4.63. The minimum atomic E-state index is 0.0642. The lowest BCUT2D eigenvalue weighted by atomic mass is 10.00. The summed E-state index contributed by atoms with van der Waals surface area (Å²) in [4.78, 5) is 5.86. The third kappa shape index (κ3) is 2.23.